The predicted octanol–water partition coefficient (Wildman–Crippen LogP) is 4.76. The number of ether oxygens (including phenoxy) is 3. The summed E-state index contributed by atoms with van der Waals surface area (Å²) in [5.74, 6) is 3.01. The average molecular weight is 330 g/mol. The second kappa shape index (κ2) is 6.03. The van der Waals surface area contributed by atoms with Crippen LogP contribution in [0.2, 0.25) is 0 Å². The first kappa shape index (κ1) is 16.4. The first-order valence-corrected chi connectivity index (χ1v) is 9.61. The normalized spacial score (nSPS) is 35.8. The lowest BCUT2D eigenvalue weighted by molar-refractivity contribution is -0.269. The van der Waals surface area contributed by atoms with Gasteiger partial charge in [0.05, 0.1) is 18.8 Å². The molecule has 0 amide bonds. The van der Waals surface area contributed by atoms with Crippen molar-refractivity contribution in [3.05, 3.63) is 29.8 Å². The molecule has 1 aromatic carbocycles. The zero-order valence-electron chi connectivity index (χ0n) is 15.3. The third-order valence-electron chi connectivity index (χ3n) is 6.43. The molecule has 1 spiro atoms. The summed E-state index contributed by atoms with van der Waals surface area (Å²) in [4.78, 5) is 0. The van der Waals surface area contributed by atoms with E-state index in [1.165, 1.54) is 12.0 Å². The average Bonchev–Trinajstić information content (AvgIpc) is 3.19. The van der Waals surface area contributed by atoms with E-state index in [9.17, 15) is 0 Å². The van der Waals surface area contributed by atoms with Crippen LogP contribution in [0.3, 0.4) is 0 Å². The van der Waals surface area contributed by atoms with Crippen LogP contribution in [0, 0.1) is 17.8 Å². The smallest absolute Gasteiger partial charge is 0.177 e. The van der Waals surface area contributed by atoms with E-state index in [2.05, 4.69) is 52.0 Å². The van der Waals surface area contributed by atoms with Crippen molar-refractivity contribution in [1.82, 2.24) is 0 Å². The number of benzene rings is 1. The van der Waals surface area contributed by atoms with Gasteiger partial charge >= 0.3 is 0 Å². The fourth-order valence-electron chi connectivity index (χ4n) is 4.96. The van der Waals surface area contributed by atoms with Crippen LogP contribution in [0.1, 0.15) is 58.4 Å². The lowest BCUT2D eigenvalue weighted by Crippen LogP contribution is -2.54. The van der Waals surface area contributed by atoms with Crippen LogP contribution in [0.4, 0.5) is 0 Å². The summed E-state index contributed by atoms with van der Waals surface area (Å²) in [6, 6.07) is 8.75. The zero-order valence-corrected chi connectivity index (χ0v) is 15.3. The molecule has 0 radical (unpaired) electrons. The molecule has 3 nitrogen and oxygen atoms in total. The Morgan fingerprint density at radius 1 is 1.12 bits per heavy atom. The molecule has 0 aliphatic carbocycles. The van der Waals surface area contributed by atoms with Gasteiger partial charge in [-0.15, -0.1) is 0 Å². The maximum atomic E-state index is 6.05. The van der Waals surface area contributed by atoms with Crippen LogP contribution in [-0.4, -0.2) is 24.6 Å². The van der Waals surface area contributed by atoms with E-state index in [1.54, 1.807) is 0 Å². The number of rotatable bonds is 7. The van der Waals surface area contributed by atoms with Crippen LogP contribution >= 0.6 is 0 Å². The van der Waals surface area contributed by atoms with Crippen molar-refractivity contribution in [1.29, 1.82) is 0 Å². The summed E-state index contributed by atoms with van der Waals surface area (Å²) in [5.41, 5.74) is 1.43. The van der Waals surface area contributed by atoms with Gasteiger partial charge in [-0.3, -0.25) is 0 Å². The van der Waals surface area contributed by atoms with Crippen molar-refractivity contribution < 1.29 is 14.2 Å². The fraction of sp³-hybridized carbons (Fsp3) is 0.714. The molecule has 0 saturated carbocycles. The lowest BCUT2D eigenvalue weighted by atomic mass is 9.78. The molecule has 4 aliphatic rings. The van der Waals surface area contributed by atoms with Gasteiger partial charge in [-0.05, 0) is 41.9 Å². The molecule has 5 rings (SSSR count). The molecule has 1 aromatic rings. The van der Waals surface area contributed by atoms with E-state index in [-0.39, 0.29) is 5.79 Å². The SMILES string of the molecule is CCC(C)C(c1ccc(OCC2CC3OC24CC3O4)cc1)C(C)C. The van der Waals surface area contributed by atoms with Crippen molar-refractivity contribution in [3.8, 4) is 5.75 Å². The predicted molar refractivity (Wildman–Crippen MR) is 94.2 cm³/mol. The zero-order chi connectivity index (χ0) is 16.9. The monoisotopic (exact) mass is 330 g/mol. The van der Waals surface area contributed by atoms with Crippen LogP contribution in [0.25, 0.3) is 0 Å². The number of hydrogen-bond donors (Lipinski definition) is 0. The molecular formula is C21H30O3. The van der Waals surface area contributed by atoms with Gasteiger partial charge in [0.1, 0.15) is 5.75 Å². The van der Waals surface area contributed by atoms with E-state index < -0.39 is 0 Å². The lowest BCUT2D eigenvalue weighted by Gasteiger charge is -2.43. The Labute approximate surface area is 145 Å². The van der Waals surface area contributed by atoms with Gasteiger partial charge in [-0.1, -0.05) is 46.2 Å². The van der Waals surface area contributed by atoms with Crippen molar-refractivity contribution in [2.45, 2.75) is 70.9 Å². The second-order valence-corrected chi connectivity index (χ2v) is 8.30. The topological polar surface area (TPSA) is 27.7 Å². The van der Waals surface area contributed by atoms with Crippen LogP contribution in [0.15, 0.2) is 24.3 Å². The summed E-state index contributed by atoms with van der Waals surface area (Å²) in [6.07, 6.45) is 4.06. The van der Waals surface area contributed by atoms with Crippen LogP contribution in [-0.2, 0) is 9.47 Å². The molecule has 3 bridgehead atoms. The number of hydrogen-bond acceptors (Lipinski definition) is 3. The van der Waals surface area contributed by atoms with Crippen molar-refractivity contribution in [2.75, 3.05) is 6.61 Å². The van der Waals surface area contributed by atoms with Crippen molar-refractivity contribution >= 4 is 0 Å². The summed E-state index contributed by atoms with van der Waals surface area (Å²) in [7, 11) is 0. The molecule has 3 heteroatoms. The third-order valence-corrected chi connectivity index (χ3v) is 6.43. The van der Waals surface area contributed by atoms with E-state index in [4.69, 9.17) is 14.2 Å². The van der Waals surface area contributed by atoms with Gasteiger partial charge in [0.15, 0.2) is 5.79 Å². The van der Waals surface area contributed by atoms with E-state index in [0.29, 0.717) is 42.5 Å². The molecule has 4 heterocycles. The minimum Gasteiger partial charge on any atom is -0.493 e. The Kier molecular flexibility index (Phi) is 4.12. The molecule has 6 atom stereocenters. The van der Waals surface area contributed by atoms with Gasteiger partial charge in [0.25, 0.3) is 0 Å². The van der Waals surface area contributed by atoms with E-state index in [0.717, 1.165) is 18.6 Å². The van der Waals surface area contributed by atoms with Gasteiger partial charge < -0.3 is 14.2 Å². The van der Waals surface area contributed by atoms with Crippen molar-refractivity contribution in [3.63, 3.8) is 0 Å². The Hall–Kier alpha value is -1.06. The molecule has 4 fully saturated rings. The summed E-state index contributed by atoms with van der Waals surface area (Å²) in [6.45, 7) is 9.97. The van der Waals surface area contributed by atoms with Gasteiger partial charge in [-0.25, -0.2) is 0 Å². The standard InChI is InChI=1S/C21H30O3/c1-5-14(4)20(13(2)3)15-6-8-17(9-7-15)22-12-16-10-18-19-11-21(16,23-18)24-19/h6-9,13-14,16,18-20H,5,10-12H2,1-4H3. The highest BCUT2D eigenvalue weighted by atomic mass is 16.8. The quantitative estimate of drug-likeness (QED) is 0.722. The highest BCUT2D eigenvalue weighted by molar-refractivity contribution is 5.30. The maximum absolute atomic E-state index is 6.05. The molecule has 0 aromatic heterocycles. The fourth-order valence-corrected chi connectivity index (χ4v) is 4.96. The Bertz CT molecular complexity index is 573. The van der Waals surface area contributed by atoms with E-state index in [1.807, 2.05) is 0 Å². The Morgan fingerprint density at radius 3 is 2.29 bits per heavy atom. The molecule has 6 unspecified atom stereocenters. The highest BCUT2D eigenvalue weighted by Crippen LogP contribution is 2.58. The van der Waals surface area contributed by atoms with Crippen LogP contribution in [0.5, 0.6) is 5.75 Å². The molecule has 24 heavy (non-hydrogen) atoms. The van der Waals surface area contributed by atoms with Crippen molar-refractivity contribution in [2.24, 2.45) is 17.8 Å². The maximum Gasteiger partial charge on any atom is 0.177 e. The molecular weight excluding hydrogens is 300 g/mol. The largest absolute Gasteiger partial charge is 0.493 e. The molecule has 4 aliphatic heterocycles. The summed E-state index contributed by atoms with van der Waals surface area (Å²) < 4.78 is 17.9. The second-order valence-electron chi connectivity index (χ2n) is 8.30. The Balaban J connectivity index is 1.37. The summed E-state index contributed by atoms with van der Waals surface area (Å²) in [5, 5.41) is 0. The van der Waals surface area contributed by atoms with E-state index >= 15 is 0 Å². The first-order chi connectivity index (χ1) is 11.5. The minimum absolute atomic E-state index is 0.297. The van der Waals surface area contributed by atoms with Gasteiger partial charge in [0, 0.05) is 12.3 Å². The molecule has 132 valence electrons. The van der Waals surface area contributed by atoms with Crippen LogP contribution < -0.4 is 4.74 Å². The minimum atomic E-state index is -0.297. The van der Waals surface area contributed by atoms with Gasteiger partial charge in [-0.2, -0.15) is 0 Å². The summed E-state index contributed by atoms with van der Waals surface area (Å²) >= 11 is 0. The molecule has 0 N–H and O–H groups in total. The van der Waals surface area contributed by atoms with Gasteiger partial charge in [0.2, 0.25) is 0 Å². The third kappa shape index (κ3) is 2.57. The first-order valence-electron chi connectivity index (χ1n) is 9.61. The Morgan fingerprint density at radius 2 is 1.79 bits per heavy atom. The molecule has 4 saturated heterocycles. The highest BCUT2D eigenvalue weighted by Gasteiger charge is 2.69.